The smallest absolute Gasteiger partial charge is 0.328 e. The minimum atomic E-state index is -1.03. The molecule has 3 N–H and O–H groups in total. The van der Waals surface area contributed by atoms with Crippen LogP contribution < -0.4 is 10.6 Å². The van der Waals surface area contributed by atoms with Crippen LogP contribution in [0.3, 0.4) is 0 Å². The number of nitrogens with one attached hydrogen (secondary N) is 2. The van der Waals surface area contributed by atoms with Gasteiger partial charge in [0.2, 0.25) is 0 Å². The molecule has 0 aliphatic heterocycles. The Morgan fingerprint density at radius 1 is 1.16 bits per heavy atom. The summed E-state index contributed by atoms with van der Waals surface area (Å²) >= 11 is 8.55. The molecule has 5 nitrogen and oxygen atoms in total. The van der Waals surface area contributed by atoms with Crippen LogP contribution >= 0.6 is 28.1 Å². The number of carbonyl (C=O) groups is 2. The molecule has 0 bridgehead atoms. The molecule has 0 radical (unpaired) electrons. The number of anilines is 1. The van der Waals surface area contributed by atoms with Crippen molar-refractivity contribution in [3.63, 3.8) is 0 Å². The van der Waals surface area contributed by atoms with Gasteiger partial charge in [-0.25, -0.2) is 4.79 Å². The molecule has 0 aliphatic rings. The highest BCUT2D eigenvalue weighted by molar-refractivity contribution is 9.10. The predicted octanol–water partition coefficient (Wildman–Crippen LogP) is 3.98. The number of carbonyl (C=O) groups excluding carboxylic acids is 1. The van der Waals surface area contributed by atoms with Crippen LogP contribution in [0.5, 0.6) is 0 Å². The van der Waals surface area contributed by atoms with Gasteiger partial charge in [0.15, 0.2) is 5.11 Å². The van der Waals surface area contributed by atoms with E-state index in [0.29, 0.717) is 16.8 Å². The number of halogens is 1. The van der Waals surface area contributed by atoms with E-state index in [1.165, 1.54) is 6.08 Å². The van der Waals surface area contributed by atoms with E-state index in [2.05, 4.69) is 26.6 Å². The molecular formula is C18H15BrN2O3S. The van der Waals surface area contributed by atoms with Gasteiger partial charge in [0.1, 0.15) is 0 Å². The van der Waals surface area contributed by atoms with Crippen molar-refractivity contribution in [1.29, 1.82) is 0 Å². The fraction of sp³-hybridized carbons (Fsp3) is 0.0556. The van der Waals surface area contributed by atoms with E-state index in [0.717, 1.165) is 16.1 Å². The highest BCUT2D eigenvalue weighted by Crippen LogP contribution is 2.24. The minimum Gasteiger partial charge on any atom is -0.478 e. The number of aliphatic carboxylic acids is 1. The summed E-state index contributed by atoms with van der Waals surface area (Å²) in [5, 5.41) is 14.4. The lowest BCUT2D eigenvalue weighted by atomic mass is 10.1. The first-order chi connectivity index (χ1) is 11.8. The van der Waals surface area contributed by atoms with Crippen LogP contribution in [-0.4, -0.2) is 22.1 Å². The van der Waals surface area contributed by atoms with E-state index in [4.69, 9.17) is 17.3 Å². The molecule has 0 fully saturated rings. The molecule has 7 heteroatoms. The standard InChI is InChI=1S/C18H15BrN2O3S/c1-11-2-6-13(7-3-11)17(24)21-18(25)20-15-10-12(4-8-14(15)19)5-9-16(22)23/h2-10H,1H3,(H,22,23)(H2,20,21,24,25)/b9-5+. The number of thiocarbonyl (C=S) groups is 1. The highest BCUT2D eigenvalue weighted by Gasteiger charge is 2.09. The third kappa shape index (κ3) is 5.81. The fourth-order valence-corrected chi connectivity index (χ4v) is 2.49. The van der Waals surface area contributed by atoms with Crippen LogP contribution in [0.15, 0.2) is 53.0 Å². The van der Waals surface area contributed by atoms with Crippen molar-refractivity contribution in [3.05, 3.63) is 69.7 Å². The average Bonchev–Trinajstić information content (AvgIpc) is 2.56. The summed E-state index contributed by atoms with van der Waals surface area (Å²) < 4.78 is 0.729. The van der Waals surface area contributed by atoms with Crippen LogP contribution in [0, 0.1) is 6.92 Å². The monoisotopic (exact) mass is 418 g/mol. The normalized spacial score (nSPS) is 10.5. The molecule has 1 amide bonds. The van der Waals surface area contributed by atoms with Gasteiger partial charge in [-0.2, -0.15) is 0 Å². The Balaban J connectivity index is 2.06. The Morgan fingerprint density at radius 2 is 1.84 bits per heavy atom. The number of carboxylic acids is 1. The average molecular weight is 419 g/mol. The molecule has 2 aromatic carbocycles. The second-order valence-corrected chi connectivity index (χ2v) is 6.45. The second kappa shape index (κ2) is 8.55. The summed E-state index contributed by atoms with van der Waals surface area (Å²) in [5.41, 5.74) is 2.86. The number of carboxylic acid groups (broad SMARTS) is 1. The lowest BCUT2D eigenvalue weighted by Gasteiger charge is -2.12. The van der Waals surface area contributed by atoms with Gasteiger partial charge in [0.25, 0.3) is 5.91 Å². The third-order valence-corrected chi connectivity index (χ3v) is 4.09. The maximum absolute atomic E-state index is 12.2. The molecule has 2 aromatic rings. The molecule has 128 valence electrons. The third-order valence-electron chi connectivity index (χ3n) is 3.20. The van der Waals surface area contributed by atoms with E-state index >= 15 is 0 Å². The maximum Gasteiger partial charge on any atom is 0.328 e. The Bertz CT molecular complexity index is 848. The molecule has 0 heterocycles. The van der Waals surface area contributed by atoms with Crippen molar-refractivity contribution in [2.24, 2.45) is 0 Å². The highest BCUT2D eigenvalue weighted by atomic mass is 79.9. The first kappa shape index (κ1) is 18.8. The maximum atomic E-state index is 12.2. The predicted molar refractivity (Wildman–Crippen MR) is 106 cm³/mol. The van der Waals surface area contributed by atoms with Gasteiger partial charge in [0, 0.05) is 16.1 Å². The van der Waals surface area contributed by atoms with Crippen molar-refractivity contribution in [3.8, 4) is 0 Å². The van der Waals surface area contributed by atoms with Gasteiger partial charge in [-0.3, -0.25) is 10.1 Å². The first-order valence-corrected chi connectivity index (χ1v) is 8.45. The van der Waals surface area contributed by atoms with E-state index < -0.39 is 5.97 Å². The zero-order chi connectivity index (χ0) is 18.4. The van der Waals surface area contributed by atoms with Crippen molar-refractivity contribution < 1.29 is 14.7 Å². The molecule has 0 aromatic heterocycles. The Morgan fingerprint density at radius 3 is 2.48 bits per heavy atom. The summed E-state index contributed by atoms with van der Waals surface area (Å²) in [6.07, 6.45) is 2.51. The summed E-state index contributed by atoms with van der Waals surface area (Å²) in [5.74, 6) is -1.34. The Kier molecular flexibility index (Phi) is 6.44. The number of hydrogen-bond acceptors (Lipinski definition) is 3. The van der Waals surface area contributed by atoms with Crippen LogP contribution in [0.4, 0.5) is 5.69 Å². The molecule has 25 heavy (non-hydrogen) atoms. The Hall–Kier alpha value is -2.51. The van der Waals surface area contributed by atoms with Crippen LogP contribution in [0.2, 0.25) is 0 Å². The fourth-order valence-electron chi connectivity index (χ4n) is 1.94. The molecule has 0 aliphatic carbocycles. The van der Waals surface area contributed by atoms with Gasteiger partial charge in [-0.15, -0.1) is 0 Å². The Labute approximate surface area is 158 Å². The zero-order valence-corrected chi connectivity index (χ0v) is 15.6. The van der Waals surface area contributed by atoms with Crippen molar-refractivity contribution in [1.82, 2.24) is 5.32 Å². The number of aryl methyl sites for hydroxylation is 1. The SMILES string of the molecule is Cc1ccc(C(=O)NC(=S)Nc2cc(/C=C/C(=O)O)ccc2Br)cc1. The lowest BCUT2D eigenvalue weighted by molar-refractivity contribution is -0.131. The van der Waals surface area contributed by atoms with Gasteiger partial charge >= 0.3 is 5.97 Å². The van der Waals surface area contributed by atoms with Crippen molar-refractivity contribution >= 4 is 56.9 Å². The topological polar surface area (TPSA) is 78.4 Å². The number of amides is 1. The van der Waals surface area contributed by atoms with Crippen LogP contribution in [-0.2, 0) is 4.79 Å². The largest absolute Gasteiger partial charge is 0.478 e. The minimum absolute atomic E-state index is 0.144. The van der Waals surface area contributed by atoms with E-state index in [1.807, 2.05) is 19.1 Å². The number of rotatable bonds is 4. The van der Waals surface area contributed by atoms with E-state index in [9.17, 15) is 9.59 Å². The van der Waals surface area contributed by atoms with Gasteiger partial charge in [-0.1, -0.05) is 23.8 Å². The van der Waals surface area contributed by atoms with E-state index in [-0.39, 0.29) is 11.0 Å². The van der Waals surface area contributed by atoms with Gasteiger partial charge in [0.05, 0.1) is 5.69 Å². The summed E-state index contributed by atoms with van der Waals surface area (Å²) in [7, 11) is 0. The van der Waals surface area contributed by atoms with Crippen molar-refractivity contribution in [2.45, 2.75) is 6.92 Å². The molecule has 0 saturated carbocycles. The number of hydrogen-bond donors (Lipinski definition) is 3. The molecule has 0 spiro atoms. The molecule has 0 unspecified atom stereocenters. The summed E-state index contributed by atoms with van der Waals surface area (Å²) in [6.45, 7) is 1.94. The summed E-state index contributed by atoms with van der Waals surface area (Å²) in [6, 6.07) is 12.4. The first-order valence-electron chi connectivity index (χ1n) is 7.25. The van der Waals surface area contributed by atoms with Gasteiger partial charge in [-0.05, 0) is 71.0 Å². The van der Waals surface area contributed by atoms with Crippen LogP contribution in [0.25, 0.3) is 6.08 Å². The van der Waals surface area contributed by atoms with Gasteiger partial charge < -0.3 is 10.4 Å². The van der Waals surface area contributed by atoms with Crippen LogP contribution in [0.1, 0.15) is 21.5 Å². The molecule has 2 rings (SSSR count). The van der Waals surface area contributed by atoms with E-state index in [1.54, 1.807) is 30.3 Å². The zero-order valence-electron chi connectivity index (χ0n) is 13.2. The van der Waals surface area contributed by atoms with Crippen molar-refractivity contribution in [2.75, 3.05) is 5.32 Å². The number of benzene rings is 2. The molecular weight excluding hydrogens is 404 g/mol. The second-order valence-electron chi connectivity index (χ2n) is 5.19. The molecule has 0 atom stereocenters. The summed E-state index contributed by atoms with van der Waals surface area (Å²) in [4.78, 5) is 22.8. The lowest BCUT2D eigenvalue weighted by Crippen LogP contribution is -2.34. The molecule has 0 saturated heterocycles. The quantitative estimate of drug-likeness (QED) is 0.516.